The zero-order chi connectivity index (χ0) is 14.0. The summed E-state index contributed by atoms with van der Waals surface area (Å²) in [4.78, 5) is 13.0. The van der Waals surface area contributed by atoms with Gasteiger partial charge in [-0.05, 0) is 43.8 Å². The zero-order valence-electron chi connectivity index (χ0n) is 11.1. The summed E-state index contributed by atoms with van der Waals surface area (Å²) < 4.78 is 5.59. The van der Waals surface area contributed by atoms with E-state index in [0.717, 1.165) is 5.56 Å². The van der Waals surface area contributed by atoms with Crippen molar-refractivity contribution in [2.45, 2.75) is 26.9 Å². The molecule has 1 heterocycles. The van der Waals surface area contributed by atoms with Gasteiger partial charge in [0.15, 0.2) is 0 Å². The van der Waals surface area contributed by atoms with Gasteiger partial charge in [0, 0.05) is 5.56 Å². The lowest BCUT2D eigenvalue weighted by atomic mass is 10.1. The third-order valence-corrected chi connectivity index (χ3v) is 4.27. The first-order chi connectivity index (χ1) is 8.99. The van der Waals surface area contributed by atoms with Gasteiger partial charge in [-0.3, -0.25) is 4.79 Å². The fourth-order valence-corrected chi connectivity index (χ4v) is 2.94. The Morgan fingerprint density at radius 1 is 1.37 bits per heavy atom. The quantitative estimate of drug-likeness (QED) is 0.762. The van der Waals surface area contributed by atoms with Crippen molar-refractivity contribution in [2.75, 3.05) is 0 Å². The Morgan fingerprint density at radius 2 is 2.11 bits per heavy atom. The second-order valence-electron chi connectivity index (χ2n) is 4.59. The van der Waals surface area contributed by atoms with Crippen molar-refractivity contribution < 1.29 is 9.53 Å². The van der Waals surface area contributed by atoms with E-state index in [0.29, 0.717) is 21.2 Å². The van der Waals surface area contributed by atoms with Crippen LogP contribution in [0.15, 0.2) is 29.6 Å². The van der Waals surface area contributed by atoms with Gasteiger partial charge in [-0.2, -0.15) is 0 Å². The van der Waals surface area contributed by atoms with Gasteiger partial charge in [-0.25, -0.2) is 0 Å². The highest BCUT2D eigenvalue weighted by atomic mass is 35.5. The van der Waals surface area contributed by atoms with Crippen LogP contribution in [0, 0.1) is 6.92 Å². The van der Waals surface area contributed by atoms with Gasteiger partial charge in [0.25, 0.3) is 0 Å². The van der Waals surface area contributed by atoms with E-state index in [4.69, 9.17) is 16.3 Å². The summed E-state index contributed by atoms with van der Waals surface area (Å²) in [6.07, 6.45) is 0.0814. The lowest BCUT2D eigenvalue weighted by molar-refractivity contribution is 0.104. The van der Waals surface area contributed by atoms with Gasteiger partial charge >= 0.3 is 0 Å². The maximum atomic E-state index is 12.4. The molecule has 0 saturated carbocycles. The molecule has 0 saturated heterocycles. The Labute approximate surface area is 122 Å². The Morgan fingerprint density at radius 3 is 2.68 bits per heavy atom. The Hall–Kier alpha value is -1.32. The topological polar surface area (TPSA) is 26.3 Å². The molecule has 0 bridgehead atoms. The second-order valence-corrected chi connectivity index (χ2v) is 5.84. The molecule has 0 N–H and O–H groups in total. The smallest absolute Gasteiger partial charge is 0.204 e. The van der Waals surface area contributed by atoms with Crippen molar-refractivity contribution in [1.29, 1.82) is 0 Å². The molecule has 0 aliphatic heterocycles. The molecule has 100 valence electrons. The number of rotatable bonds is 4. The summed E-state index contributed by atoms with van der Waals surface area (Å²) in [5.74, 6) is 0.641. The van der Waals surface area contributed by atoms with Crippen LogP contribution < -0.4 is 4.74 Å². The first kappa shape index (κ1) is 14.1. The standard InChI is InChI=1S/C15H15ClO2S/c1-9(2)18-12-6-4-5-11(7-12)14(17)15-13(16)10(3)8-19-15/h4-9H,1-3H3. The highest BCUT2D eigenvalue weighted by Crippen LogP contribution is 2.30. The molecule has 0 fully saturated rings. The van der Waals surface area contributed by atoms with Crippen molar-refractivity contribution >= 4 is 28.7 Å². The summed E-state index contributed by atoms with van der Waals surface area (Å²) in [5, 5.41) is 2.44. The van der Waals surface area contributed by atoms with Crippen molar-refractivity contribution in [3.63, 3.8) is 0 Å². The molecule has 2 aromatic rings. The fraction of sp³-hybridized carbons (Fsp3) is 0.267. The number of thiophene rings is 1. The number of carbonyl (C=O) groups excluding carboxylic acids is 1. The number of ether oxygens (including phenoxy) is 1. The number of carbonyl (C=O) groups is 1. The lowest BCUT2D eigenvalue weighted by Gasteiger charge is -2.10. The number of benzene rings is 1. The van der Waals surface area contributed by atoms with E-state index in [9.17, 15) is 4.79 Å². The average molecular weight is 295 g/mol. The third kappa shape index (κ3) is 3.17. The molecule has 1 aromatic carbocycles. The molecule has 0 radical (unpaired) electrons. The van der Waals surface area contributed by atoms with E-state index in [1.54, 1.807) is 12.1 Å². The van der Waals surface area contributed by atoms with Gasteiger partial charge < -0.3 is 4.74 Å². The molecule has 0 aliphatic carbocycles. The number of halogens is 1. The summed E-state index contributed by atoms with van der Waals surface area (Å²) in [6.45, 7) is 5.80. The molecule has 19 heavy (non-hydrogen) atoms. The largest absolute Gasteiger partial charge is 0.491 e. The first-order valence-electron chi connectivity index (χ1n) is 6.04. The van der Waals surface area contributed by atoms with E-state index in [2.05, 4.69) is 0 Å². The van der Waals surface area contributed by atoms with Crippen LogP contribution in [0.1, 0.15) is 34.6 Å². The molecule has 1 aromatic heterocycles. The minimum atomic E-state index is -0.0580. The van der Waals surface area contributed by atoms with Gasteiger partial charge in [-0.1, -0.05) is 23.7 Å². The molecule has 0 unspecified atom stereocenters. The van der Waals surface area contributed by atoms with Crippen molar-refractivity contribution in [1.82, 2.24) is 0 Å². The molecule has 0 amide bonds. The number of ketones is 1. The predicted octanol–water partition coefficient (Wildman–Crippen LogP) is 4.73. The summed E-state index contributed by atoms with van der Waals surface area (Å²) in [7, 11) is 0. The van der Waals surface area contributed by atoms with Gasteiger partial charge in [0.1, 0.15) is 5.75 Å². The average Bonchev–Trinajstić information content (AvgIpc) is 2.69. The Bertz CT molecular complexity index is 602. The van der Waals surface area contributed by atoms with Crippen molar-refractivity contribution in [3.05, 3.63) is 50.7 Å². The monoisotopic (exact) mass is 294 g/mol. The SMILES string of the molecule is Cc1csc(C(=O)c2cccc(OC(C)C)c2)c1Cl. The van der Waals surface area contributed by atoms with Crippen LogP contribution in [0.5, 0.6) is 5.75 Å². The molecule has 2 nitrogen and oxygen atoms in total. The number of hydrogen-bond acceptors (Lipinski definition) is 3. The molecule has 0 spiro atoms. The van der Waals surface area contributed by atoms with E-state index in [-0.39, 0.29) is 11.9 Å². The van der Waals surface area contributed by atoms with Gasteiger partial charge in [0.2, 0.25) is 5.78 Å². The maximum absolute atomic E-state index is 12.4. The second kappa shape index (κ2) is 5.76. The molecule has 0 aliphatic rings. The minimum absolute atomic E-state index is 0.0580. The van der Waals surface area contributed by atoms with Crippen molar-refractivity contribution in [3.8, 4) is 5.75 Å². The summed E-state index contributed by atoms with van der Waals surface area (Å²) in [6, 6.07) is 7.20. The predicted molar refractivity (Wildman–Crippen MR) is 79.7 cm³/mol. The van der Waals surface area contributed by atoms with Crippen LogP contribution in [-0.2, 0) is 0 Å². The Kier molecular flexibility index (Phi) is 4.27. The normalized spacial score (nSPS) is 10.8. The number of hydrogen-bond donors (Lipinski definition) is 0. The van der Waals surface area contributed by atoms with Crippen LogP contribution in [-0.4, -0.2) is 11.9 Å². The zero-order valence-corrected chi connectivity index (χ0v) is 12.6. The van der Waals surface area contributed by atoms with E-state index in [1.165, 1.54) is 11.3 Å². The van der Waals surface area contributed by atoms with E-state index in [1.807, 2.05) is 38.3 Å². The first-order valence-corrected chi connectivity index (χ1v) is 7.30. The summed E-state index contributed by atoms with van der Waals surface area (Å²) >= 11 is 7.51. The summed E-state index contributed by atoms with van der Waals surface area (Å²) in [5.41, 5.74) is 1.53. The maximum Gasteiger partial charge on any atom is 0.204 e. The van der Waals surface area contributed by atoms with Crippen LogP contribution in [0.4, 0.5) is 0 Å². The van der Waals surface area contributed by atoms with Gasteiger partial charge in [0.05, 0.1) is 16.0 Å². The van der Waals surface area contributed by atoms with Crippen LogP contribution in [0.3, 0.4) is 0 Å². The van der Waals surface area contributed by atoms with Crippen LogP contribution in [0.25, 0.3) is 0 Å². The van der Waals surface area contributed by atoms with E-state index >= 15 is 0 Å². The Balaban J connectivity index is 2.31. The minimum Gasteiger partial charge on any atom is -0.491 e. The van der Waals surface area contributed by atoms with Crippen LogP contribution >= 0.6 is 22.9 Å². The van der Waals surface area contributed by atoms with Crippen LogP contribution in [0.2, 0.25) is 5.02 Å². The van der Waals surface area contributed by atoms with Gasteiger partial charge in [-0.15, -0.1) is 11.3 Å². The van der Waals surface area contributed by atoms with Crippen molar-refractivity contribution in [2.24, 2.45) is 0 Å². The molecule has 2 rings (SSSR count). The number of aryl methyl sites for hydroxylation is 1. The molecular formula is C15H15ClO2S. The highest BCUT2D eigenvalue weighted by molar-refractivity contribution is 7.13. The van der Waals surface area contributed by atoms with E-state index < -0.39 is 0 Å². The lowest BCUT2D eigenvalue weighted by Crippen LogP contribution is -2.06. The molecular weight excluding hydrogens is 280 g/mol. The fourth-order valence-electron chi connectivity index (χ4n) is 1.70. The molecule has 4 heteroatoms. The highest BCUT2D eigenvalue weighted by Gasteiger charge is 2.17. The molecule has 0 atom stereocenters. The third-order valence-electron chi connectivity index (χ3n) is 2.57.